The zero-order valence-electron chi connectivity index (χ0n) is 20.0. The molecule has 0 spiro atoms. The molecule has 35 heavy (non-hydrogen) atoms. The van der Waals surface area contributed by atoms with E-state index >= 15 is 0 Å². The second-order valence-electron chi connectivity index (χ2n) is 8.32. The summed E-state index contributed by atoms with van der Waals surface area (Å²) in [5, 5.41) is 12.7. The van der Waals surface area contributed by atoms with Crippen LogP contribution >= 0.6 is 0 Å². The summed E-state index contributed by atoms with van der Waals surface area (Å²) in [6.45, 7) is 4.25. The quantitative estimate of drug-likeness (QED) is 0.543. The Kier molecular flexibility index (Phi) is 9.39. The lowest BCUT2D eigenvalue weighted by Gasteiger charge is -2.30. The van der Waals surface area contributed by atoms with Crippen LogP contribution in [0.1, 0.15) is 36.3 Å². The minimum Gasteiger partial charge on any atom is -0.503 e. The molecule has 4 atom stereocenters. The largest absolute Gasteiger partial charge is 0.503 e. The first-order chi connectivity index (χ1) is 16.8. The number of ether oxygens (including phenoxy) is 4. The van der Waals surface area contributed by atoms with E-state index in [9.17, 15) is 19.1 Å². The van der Waals surface area contributed by atoms with Crippen molar-refractivity contribution in [3.63, 3.8) is 0 Å². The molecule has 3 rings (SSSR count). The van der Waals surface area contributed by atoms with Gasteiger partial charge < -0.3 is 29.4 Å². The van der Waals surface area contributed by atoms with E-state index in [1.54, 1.807) is 19.1 Å². The van der Waals surface area contributed by atoms with E-state index in [0.717, 1.165) is 12.0 Å². The third kappa shape index (κ3) is 6.89. The molecule has 0 radical (unpaired) electrons. The number of pyridine rings is 1. The second-order valence-corrected chi connectivity index (χ2v) is 8.32. The number of cyclic esters (lactones) is 1. The molecule has 1 aliphatic rings. The number of aromatic nitrogens is 1. The van der Waals surface area contributed by atoms with E-state index in [0.29, 0.717) is 13.0 Å². The van der Waals surface area contributed by atoms with Crippen LogP contribution in [0.5, 0.6) is 11.5 Å². The Bertz CT molecular complexity index is 1000. The molecule has 1 aliphatic heterocycles. The summed E-state index contributed by atoms with van der Waals surface area (Å²) in [6.07, 6.45) is 1.61. The maximum absolute atomic E-state index is 13.4. The first-order valence-corrected chi connectivity index (χ1v) is 11.5. The average Bonchev–Trinajstić information content (AvgIpc) is 2.89. The zero-order chi connectivity index (χ0) is 25.4. The smallest absolute Gasteiger partial charge is 0.331 e. The van der Waals surface area contributed by atoms with Gasteiger partial charge in [0.25, 0.3) is 5.91 Å². The molecular formula is C25H31FN2O7. The number of halogens is 1. The molecular weight excluding hydrogens is 459 g/mol. The number of carbonyl (C=O) groups excluding carboxylic acids is 2. The van der Waals surface area contributed by atoms with Crippen molar-refractivity contribution in [3.05, 3.63) is 53.6 Å². The molecule has 2 heterocycles. The standard InChI is InChI=1S/C25H31FN2O7/c1-4-11-34-21-14-33-13-19(28-24(30)22-23(29)20(32-3)9-10-27-22)25(31)35-15(2)18(21)12-16-5-7-17(26)8-6-16/h5-10,15,18-19,21,29H,4,11-14H2,1-3H3,(H,28,30). The zero-order valence-corrected chi connectivity index (χ0v) is 20.0. The first-order valence-electron chi connectivity index (χ1n) is 11.5. The van der Waals surface area contributed by atoms with Crippen LogP contribution in [0.15, 0.2) is 36.5 Å². The normalized spacial score (nSPS) is 22.9. The second kappa shape index (κ2) is 12.5. The van der Waals surface area contributed by atoms with Gasteiger partial charge in [0, 0.05) is 24.8 Å². The number of benzene rings is 1. The van der Waals surface area contributed by atoms with Gasteiger partial charge in [-0.05, 0) is 37.5 Å². The van der Waals surface area contributed by atoms with Gasteiger partial charge in [-0.1, -0.05) is 19.1 Å². The number of methoxy groups -OCH3 is 1. The average molecular weight is 491 g/mol. The van der Waals surface area contributed by atoms with Crippen LogP contribution in [-0.4, -0.2) is 67.1 Å². The van der Waals surface area contributed by atoms with Gasteiger partial charge >= 0.3 is 5.97 Å². The van der Waals surface area contributed by atoms with Crippen molar-refractivity contribution in [3.8, 4) is 11.5 Å². The lowest BCUT2D eigenvalue weighted by Crippen LogP contribution is -2.46. The third-order valence-electron chi connectivity index (χ3n) is 5.78. The maximum Gasteiger partial charge on any atom is 0.331 e. The number of hydrogen-bond acceptors (Lipinski definition) is 8. The van der Waals surface area contributed by atoms with Crippen LogP contribution in [0.4, 0.5) is 4.39 Å². The molecule has 1 amide bonds. The van der Waals surface area contributed by atoms with Crippen LogP contribution in [-0.2, 0) is 25.4 Å². The number of amides is 1. The minimum atomic E-state index is -1.13. The van der Waals surface area contributed by atoms with Crippen molar-refractivity contribution in [2.24, 2.45) is 5.92 Å². The number of carbonyl (C=O) groups is 2. The maximum atomic E-state index is 13.4. The van der Waals surface area contributed by atoms with Gasteiger partial charge in [0.15, 0.2) is 23.2 Å². The number of hydrogen-bond donors (Lipinski definition) is 2. The Morgan fingerprint density at radius 2 is 2.00 bits per heavy atom. The van der Waals surface area contributed by atoms with E-state index < -0.39 is 29.8 Å². The van der Waals surface area contributed by atoms with E-state index in [1.807, 2.05) is 6.92 Å². The first kappa shape index (κ1) is 26.4. The van der Waals surface area contributed by atoms with Gasteiger partial charge in [0.2, 0.25) is 0 Å². The summed E-state index contributed by atoms with van der Waals surface area (Å²) in [5.41, 5.74) is 0.580. The summed E-state index contributed by atoms with van der Waals surface area (Å²) in [6, 6.07) is 6.41. The Balaban J connectivity index is 1.77. The molecule has 0 bridgehead atoms. The number of esters is 1. The molecule has 0 aliphatic carbocycles. The topological polar surface area (TPSA) is 116 Å². The van der Waals surface area contributed by atoms with Gasteiger partial charge in [-0.2, -0.15) is 0 Å². The summed E-state index contributed by atoms with van der Waals surface area (Å²) in [5.74, 6) is -2.43. The summed E-state index contributed by atoms with van der Waals surface area (Å²) >= 11 is 0. The summed E-state index contributed by atoms with van der Waals surface area (Å²) in [4.78, 5) is 29.6. The van der Waals surface area contributed by atoms with Crippen molar-refractivity contribution in [1.82, 2.24) is 10.3 Å². The molecule has 1 aromatic heterocycles. The molecule has 4 unspecified atom stereocenters. The fraction of sp³-hybridized carbons (Fsp3) is 0.480. The Morgan fingerprint density at radius 3 is 2.69 bits per heavy atom. The van der Waals surface area contributed by atoms with E-state index in [2.05, 4.69) is 10.3 Å². The molecule has 190 valence electrons. The van der Waals surface area contributed by atoms with Crippen molar-refractivity contribution in [2.75, 3.05) is 26.9 Å². The molecule has 10 heteroatoms. The molecule has 1 aromatic carbocycles. The number of nitrogens with zero attached hydrogens (tertiary/aromatic N) is 1. The molecule has 1 saturated heterocycles. The van der Waals surface area contributed by atoms with Crippen LogP contribution in [0.25, 0.3) is 0 Å². The van der Waals surface area contributed by atoms with Crippen molar-refractivity contribution < 1.29 is 38.0 Å². The van der Waals surface area contributed by atoms with Crippen molar-refractivity contribution >= 4 is 11.9 Å². The lowest BCUT2D eigenvalue weighted by atomic mass is 9.89. The monoisotopic (exact) mass is 490 g/mol. The third-order valence-corrected chi connectivity index (χ3v) is 5.78. The number of rotatable bonds is 8. The minimum absolute atomic E-state index is 0.0756. The van der Waals surface area contributed by atoms with Gasteiger partial charge in [0.1, 0.15) is 11.9 Å². The van der Waals surface area contributed by atoms with Crippen LogP contribution in [0, 0.1) is 11.7 Å². The fourth-order valence-corrected chi connectivity index (χ4v) is 3.87. The number of nitrogens with one attached hydrogen (secondary N) is 1. The van der Waals surface area contributed by atoms with Crippen molar-refractivity contribution in [2.45, 2.75) is 44.9 Å². The predicted molar refractivity (Wildman–Crippen MR) is 124 cm³/mol. The molecule has 2 N–H and O–H groups in total. The highest BCUT2D eigenvalue weighted by molar-refractivity contribution is 5.98. The SMILES string of the molecule is CCCOC1COCC(NC(=O)c2nccc(OC)c2O)C(=O)OC(C)C1Cc1ccc(F)cc1. The molecule has 1 fully saturated rings. The van der Waals surface area contributed by atoms with Gasteiger partial charge in [-0.3, -0.25) is 4.79 Å². The Labute approximate surface area is 203 Å². The Morgan fingerprint density at radius 1 is 1.26 bits per heavy atom. The Hall–Kier alpha value is -3.24. The van der Waals surface area contributed by atoms with Crippen LogP contribution in [0.3, 0.4) is 0 Å². The highest BCUT2D eigenvalue weighted by atomic mass is 19.1. The van der Waals surface area contributed by atoms with E-state index in [1.165, 1.54) is 31.5 Å². The van der Waals surface area contributed by atoms with Crippen LogP contribution in [0.2, 0.25) is 0 Å². The van der Waals surface area contributed by atoms with Gasteiger partial charge in [-0.15, -0.1) is 0 Å². The van der Waals surface area contributed by atoms with Crippen LogP contribution < -0.4 is 10.1 Å². The molecule has 2 aromatic rings. The highest BCUT2D eigenvalue weighted by Crippen LogP contribution is 2.28. The fourth-order valence-electron chi connectivity index (χ4n) is 3.87. The molecule has 0 saturated carbocycles. The van der Waals surface area contributed by atoms with Gasteiger partial charge in [0.05, 0.1) is 26.4 Å². The van der Waals surface area contributed by atoms with E-state index in [4.69, 9.17) is 18.9 Å². The van der Waals surface area contributed by atoms with Gasteiger partial charge in [-0.25, -0.2) is 14.2 Å². The predicted octanol–water partition coefficient (Wildman–Crippen LogP) is 2.65. The van der Waals surface area contributed by atoms with E-state index in [-0.39, 0.29) is 42.5 Å². The van der Waals surface area contributed by atoms with Crippen molar-refractivity contribution in [1.29, 1.82) is 0 Å². The summed E-state index contributed by atoms with van der Waals surface area (Å²) in [7, 11) is 1.35. The molecule has 9 nitrogen and oxygen atoms in total. The highest BCUT2D eigenvalue weighted by Gasteiger charge is 2.36. The lowest BCUT2D eigenvalue weighted by molar-refractivity contribution is -0.155. The summed E-state index contributed by atoms with van der Waals surface area (Å²) < 4.78 is 35.9. The number of aromatic hydroxyl groups is 1.